The van der Waals surface area contributed by atoms with Crippen LogP contribution in [0, 0.1) is 0 Å². The van der Waals surface area contributed by atoms with Crippen molar-refractivity contribution in [3.63, 3.8) is 0 Å². The lowest BCUT2D eigenvalue weighted by molar-refractivity contribution is -0.113. The molecule has 1 amide bonds. The predicted molar refractivity (Wildman–Crippen MR) is 84.7 cm³/mol. The van der Waals surface area contributed by atoms with Gasteiger partial charge in [0.15, 0.2) is 0 Å². The highest BCUT2D eigenvalue weighted by Gasteiger charge is 2.15. The van der Waals surface area contributed by atoms with Gasteiger partial charge in [-0.3, -0.25) is 9.78 Å². The molecule has 0 aliphatic rings. The van der Waals surface area contributed by atoms with Crippen molar-refractivity contribution < 1.29 is 14.7 Å². The Morgan fingerprint density at radius 1 is 1.24 bits per heavy atom. The second kappa shape index (κ2) is 7.24. The number of nitrogens with one attached hydrogen (secondary N) is 1. The summed E-state index contributed by atoms with van der Waals surface area (Å²) in [4.78, 5) is 27.9. The van der Waals surface area contributed by atoms with Gasteiger partial charge in [-0.25, -0.2) is 4.79 Å². The van der Waals surface area contributed by atoms with Crippen LogP contribution >= 0.6 is 27.7 Å². The molecule has 21 heavy (non-hydrogen) atoms. The van der Waals surface area contributed by atoms with E-state index in [2.05, 4.69) is 26.2 Å². The number of nitrogens with zero attached hydrogens (tertiary/aromatic N) is 1. The van der Waals surface area contributed by atoms with Crippen LogP contribution in [-0.2, 0) is 4.79 Å². The second-order valence-electron chi connectivity index (χ2n) is 3.99. The topological polar surface area (TPSA) is 79.3 Å². The molecule has 0 spiro atoms. The molecule has 0 fully saturated rings. The molecule has 1 aromatic carbocycles. The smallest absolute Gasteiger partial charge is 0.337 e. The minimum atomic E-state index is -1.09. The summed E-state index contributed by atoms with van der Waals surface area (Å²) in [5, 5.41) is 11.8. The van der Waals surface area contributed by atoms with E-state index in [1.165, 1.54) is 17.8 Å². The fourth-order valence-corrected chi connectivity index (χ4v) is 2.74. The third kappa shape index (κ3) is 4.30. The van der Waals surface area contributed by atoms with Crippen LogP contribution < -0.4 is 5.32 Å². The first-order chi connectivity index (χ1) is 10.1. The fraction of sp³-hybridized carbons (Fsp3) is 0.0714. The number of amides is 1. The van der Waals surface area contributed by atoms with Crippen molar-refractivity contribution in [2.75, 3.05) is 11.1 Å². The molecule has 2 N–H and O–H groups in total. The number of halogens is 1. The zero-order valence-corrected chi connectivity index (χ0v) is 13.1. The fourth-order valence-electron chi connectivity index (χ4n) is 1.59. The Hall–Kier alpha value is -1.86. The summed E-state index contributed by atoms with van der Waals surface area (Å²) in [6.45, 7) is 0. The Morgan fingerprint density at radius 3 is 2.62 bits per heavy atom. The number of anilines is 1. The summed E-state index contributed by atoms with van der Waals surface area (Å²) >= 11 is 4.60. The SMILES string of the molecule is O=C(CSc1ccncc1)Nc1c(Br)cccc1C(=O)O. The van der Waals surface area contributed by atoms with E-state index in [4.69, 9.17) is 5.11 Å². The zero-order valence-electron chi connectivity index (χ0n) is 10.7. The van der Waals surface area contributed by atoms with Crippen molar-refractivity contribution in [1.82, 2.24) is 4.98 Å². The molecule has 0 saturated carbocycles. The first kappa shape index (κ1) is 15.5. The highest BCUT2D eigenvalue weighted by Crippen LogP contribution is 2.27. The van der Waals surface area contributed by atoms with Gasteiger partial charge in [-0.1, -0.05) is 6.07 Å². The molecule has 2 rings (SSSR count). The van der Waals surface area contributed by atoms with Gasteiger partial charge in [-0.15, -0.1) is 11.8 Å². The standard InChI is InChI=1S/C14H11BrN2O3S/c15-11-3-1-2-10(14(19)20)13(11)17-12(18)8-21-9-4-6-16-7-5-9/h1-7H,8H2,(H,17,18)(H,19,20). The van der Waals surface area contributed by atoms with Crippen LogP contribution in [0.3, 0.4) is 0 Å². The van der Waals surface area contributed by atoms with Crippen molar-refractivity contribution in [3.05, 3.63) is 52.8 Å². The van der Waals surface area contributed by atoms with E-state index < -0.39 is 5.97 Å². The average Bonchev–Trinajstić information content (AvgIpc) is 2.48. The summed E-state index contributed by atoms with van der Waals surface area (Å²) < 4.78 is 0.532. The van der Waals surface area contributed by atoms with Crippen LogP contribution in [0.1, 0.15) is 10.4 Å². The monoisotopic (exact) mass is 366 g/mol. The third-order valence-electron chi connectivity index (χ3n) is 2.53. The maximum absolute atomic E-state index is 12.0. The van der Waals surface area contributed by atoms with Gasteiger partial charge in [0.2, 0.25) is 5.91 Å². The van der Waals surface area contributed by atoms with Gasteiger partial charge >= 0.3 is 5.97 Å². The minimum absolute atomic E-state index is 0.0478. The number of carbonyl (C=O) groups excluding carboxylic acids is 1. The summed E-state index contributed by atoms with van der Waals surface area (Å²) in [7, 11) is 0. The van der Waals surface area contributed by atoms with E-state index in [9.17, 15) is 9.59 Å². The number of aromatic nitrogens is 1. The molecule has 0 unspecified atom stereocenters. The van der Waals surface area contributed by atoms with E-state index in [0.29, 0.717) is 4.47 Å². The van der Waals surface area contributed by atoms with Crippen LogP contribution in [-0.4, -0.2) is 27.7 Å². The summed E-state index contributed by atoms with van der Waals surface area (Å²) in [5.41, 5.74) is 0.317. The van der Waals surface area contributed by atoms with E-state index >= 15 is 0 Å². The predicted octanol–water partition coefficient (Wildman–Crippen LogP) is 3.27. The molecule has 0 radical (unpaired) electrons. The number of aromatic carboxylic acids is 1. The molecule has 1 heterocycles. The average molecular weight is 367 g/mol. The van der Waals surface area contributed by atoms with Crippen LogP contribution in [0.15, 0.2) is 52.1 Å². The summed E-state index contributed by atoms with van der Waals surface area (Å²) in [5.74, 6) is -1.18. The maximum Gasteiger partial charge on any atom is 0.337 e. The highest BCUT2D eigenvalue weighted by atomic mass is 79.9. The van der Waals surface area contributed by atoms with Gasteiger partial charge in [0.25, 0.3) is 0 Å². The highest BCUT2D eigenvalue weighted by molar-refractivity contribution is 9.10. The van der Waals surface area contributed by atoms with Crippen LogP contribution in [0.5, 0.6) is 0 Å². The molecule has 0 atom stereocenters. The molecule has 1 aromatic heterocycles. The van der Waals surface area contributed by atoms with E-state index in [0.717, 1.165) is 4.90 Å². The Kier molecular flexibility index (Phi) is 5.35. The molecule has 0 aliphatic heterocycles. The van der Waals surface area contributed by atoms with Crippen molar-refractivity contribution in [1.29, 1.82) is 0 Å². The Labute approximate surface area is 133 Å². The molecular weight excluding hydrogens is 356 g/mol. The number of hydrogen-bond donors (Lipinski definition) is 2. The number of rotatable bonds is 5. The summed E-state index contributed by atoms with van der Waals surface area (Å²) in [6, 6.07) is 8.34. The van der Waals surface area contributed by atoms with E-state index in [-0.39, 0.29) is 22.9 Å². The van der Waals surface area contributed by atoms with Gasteiger partial charge < -0.3 is 10.4 Å². The molecule has 2 aromatic rings. The van der Waals surface area contributed by atoms with Crippen LogP contribution in [0.25, 0.3) is 0 Å². The number of hydrogen-bond acceptors (Lipinski definition) is 4. The number of thioether (sulfide) groups is 1. The van der Waals surface area contributed by atoms with Crippen molar-refractivity contribution in [2.24, 2.45) is 0 Å². The normalized spacial score (nSPS) is 10.1. The summed E-state index contributed by atoms with van der Waals surface area (Å²) in [6.07, 6.45) is 3.30. The molecule has 0 saturated heterocycles. The number of benzene rings is 1. The number of para-hydroxylation sites is 1. The minimum Gasteiger partial charge on any atom is -0.478 e. The molecule has 5 nitrogen and oxygen atoms in total. The van der Waals surface area contributed by atoms with Crippen LogP contribution in [0.2, 0.25) is 0 Å². The molecule has 0 bridgehead atoms. The lowest BCUT2D eigenvalue weighted by Gasteiger charge is -2.10. The van der Waals surface area contributed by atoms with E-state index in [1.54, 1.807) is 36.7 Å². The molecule has 0 aliphatic carbocycles. The van der Waals surface area contributed by atoms with Gasteiger partial charge in [0.05, 0.1) is 17.0 Å². The van der Waals surface area contributed by atoms with Crippen LogP contribution in [0.4, 0.5) is 5.69 Å². The largest absolute Gasteiger partial charge is 0.478 e. The Morgan fingerprint density at radius 2 is 1.95 bits per heavy atom. The van der Waals surface area contributed by atoms with Crippen molar-refractivity contribution >= 4 is 45.3 Å². The number of pyridine rings is 1. The zero-order chi connectivity index (χ0) is 15.2. The number of carboxylic acid groups (broad SMARTS) is 1. The van der Waals surface area contributed by atoms with E-state index in [1.807, 2.05) is 0 Å². The molecular formula is C14H11BrN2O3S. The maximum atomic E-state index is 12.0. The molecule has 108 valence electrons. The van der Waals surface area contributed by atoms with Gasteiger partial charge in [-0.05, 0) is 40.2 Å². The first-order valence-corrected chi connectivity index (χ1v) is 7.70. The lowest BCUT2D eigenvalue weighted by atomic mass is 10.2. The lowest BCUT2D eigenvalue weighted by Crippen LogP contribution is -2.17. The quantitative estimate of drug-likeness (QED) is 0.793. The number of carboxylic acids is 1. The number of carbonyl (C=O) groups is 2. The van der Waals surface area contributed by atoms with Gasteiger partial charge in [0.1, 0.15) is 0 Å². The van der Waals surface area contributed by atoms with Crippen molar-refractivity contribution in [2.45, 2.75) is 4.90 Å². The second-order valence-corrected chi connectivity index (χ2v) is 5.89. The Bertz CT molecular complexity index is 665. The molecule has 7 heteroatoms. The van der Waals surface area contributed by atoms with Gasteiger partial charge in [-0.2, -0.15) is 0 Å². The third-order valence-corrected chi connectivity index (χ3v) is 4.20. The Balaban J connectivity index is 2.05. The first-order valence-electron chi connectivity index (χ1n) is 5.92. The van der Waals surface area contributed by atoms with Crippen molar-refractivity contribution in [3.8, 4) is 0 Å². The van der Waals surface area contributed by atoms with Gasteiger partial charge in [0, 0.05) is 21.8 Å².